The molecule has 0 spiro atoms. The van der Waals surface area contributed by atoms with Gasteiger partial charge in [0.2, 0.25) is 5.71 Å². The number of para-hydroxylation sites is 1. The van der Waals surface area contributed by atoms with Crippen molar-refractivity contribution in [3.63, 3.8) is 0 Å². The summed E-state index contributed by atoms with van der Waals surface area (Å²) in [5.41, 5.74) is -0.486. The summed E-state index contributed by atoms with van der Waals surface area (Å²) >= 11 is 0. The summed E-state index contributed by atoms with van der Waals surface area (Å²) in [5.74, 6) is -1.31. The molecule has 1 unspecified atom stereocenters. The summed E-state index contributed by atoms with van der Waals surface area (Å²) in [6, 6.07) is 9.23. The minimum Gasteiger partial charge on any atom is -0.207 e. The molecule has 3 rings (SSSR count). The van der Waals surface area contributed by atoms with E-state index in [2.05, 4.69) is 5.10 Å². The average molecular weight is 339 g/mol. The SMILES string of the molecule is C[N+]1(c2ccccc2-c2cc(F)ccc2F)C=CC(C(F)(F)F)=N1. The third-order valence-electron chi connectivity index (χ3n) is 3.74. The Morgan fingerprint density at radius 1 is 0.958 bits per heavy atom. The molecular formula is C17H12F5N2+. The first-order valence-corrected chi connectivity index (χ1v) is 6.98. The number of halogens is 5. The normalized spacial score (nSPS) is 20.3. The van der Waals surface area contributed by atoms with Gasteiger partial charge >= 0.3 is 6.18 Å². The van der Waals surface area contributed by atoms with Crippen molar-refractivity contribution in [3.05, 3.63) is 66.4 Å². The van der Waals surface area contributed by atoms with Gasteiger partial charge in [-0.2, -0.15) is 13.2 Å². The number of hydrogen-bond donors (Lipinski definition) is 0. The molecule has 1 heterocycles. The summed E-state index contributed by atoms with van der Waals surface area (Å²) in [6.45, 7) is 0. The zero-order chi connectivity index (χ0) is 17.5. The summed E-state index contributed by atoms with van der Waals surface area (Å²) < 4.78 is 65.6. The van der Waals surface area contributed by atoms with Gasteiger partial charge in [0.05, 0.1) is 0 Å². The van der Waals surface area contributed by atoms with E-state index in [1.54, 1.807) is 12.1 Å². The molecule has 0 bridgehead atoms. The Labute approximate surface area is 134 Å². The first-order chi connectivity index (χ1) is 11.2. The smallest absolute Gasteiger partial charge is 0.207 e. The second-order valence-electron chi connectivity index (χ2n) is 5.47. The highest BCUT2D eigenvalue weighted by Gasteiger charge is 2.43. The number of rotatable bonds is 2. The predicted octanol–water partition coefficient (Wildman–Crippen LogP) is 5.01. The van der Waals surface area contributed by atoms with Crippen LogP contribution < -0.4 is 4.59 Å². The summed E-state index contributed by atoms with van der Waals surface area (Å²) in [6.07, 6.45) is -2.46. The molecule has 0 aromatic heterocycles. The van der Waals surface area contributed by atoms with Crippen LogP contribution in [0.1, 0.15) is 0 Å². The van der Waals surface area contributed by atoms with E-state index in [1.165, 1.54) is 25.4 Å². The molecule has 1 aliphatic rings. The zero-order valence-corrected chi connectivity index (χ0v) is 12.5. The lowest BCUT2D eigenvalue weighted by molar-refractivity contribution is -0.0581. The van der Waals surface area contributed by atoms with E-state index in [0.717, 1.165) is 24.3 Å². The fraction of sp³-hybridized carbons (Fsp3) is 0.118. The third kappa shape index (κ3) is 2.82. The zero-order valence-electron chi connectivity index (χ0n) is 12.5. The van der Waals surface area contributed by atoms with E-state index in [0.29, 0.717) is 5.69 Å². The minimum absolute atomic E-state index is 0.0333. The number of allylic oxidation sites excluding steroid dienone is 1. The van der Waals surface area contributed by atoms with Gasteiger partial charge in [0.1, 0.15) is 24.9 Å². The standard InChI is InChI=1S/C17H12F5N2/c1-24(9-8-16(23-24)17(20,21)22)15-5-3-2-4-12(15)13-10-11(18)6-7-14(13)19/h2-10H,1H3/q+1. The van der Waals surface area contributed by atoms with Crippen LogP contribution in [0.15, 0.2) is 59.8 Å². The molecule has 0 saturated carbocycles. The molecule has 124 valence electrons. The lowest BCUT2D eigenvalue weighted by Gasteiger charge is -2.23. The Kier molecular flexibility index (Phi) is 3.76. The molecule has 1 atom stereocenters. The van der Waals surface area contributed by atoms with Crippen molar-refractivity contribution in [3.8, 4) is 11.1 Å². The second kappa shape index (κ2) is 5.52. The van der Waals surface area contributed by atoms with Gasteiger partial charge in [0.15, 0.2) is 5.69 Å². The number of nitrogens with zero attached hydrogens (tertiary/aromatic N) is 2. The fourth-order valence-electron chi connectivity index (χ4n) is 2.59. The molecule has 2 aromatic rings. The molecule has 0 amide bonds. The van der Waals surface area contributed by atoms with Crippen LogP contribution in [0.25, 0.3) is 11.1 Å². The molecular weight excluding hydrogens is 327 g/mol. The van der Waals surface area contributed by atoms with Gasteiger partial charge in [0, 0.05) is 23.3 Å². The maximum Gasteiger partial charge on any atom is 0.438 e. The van der Waals surface area contributed by atoms with E-state index < -0.39 is 28.1 Å². The van der Waals surface area contributed by atoms with Gasteiger partial charge in [-0.3, -0.25) is 0 Å². The molecule has 0 aliphatic carbocycles. The Morgan fingerprint density at radius 3 is 2.33 bits per heavy atom. The second-order valence-corrected chi connectivity index (χ2v) is 5.47. The fourth-order valence-corrected chi connectivity index (χ4v) is 2.59. The molecule has 1 aliphatic heterocycles. The lowest BCUT2D eigenvalue weighted by Crippen LogP contribution is -2.32. The van der Waals surface area contributed by atoms with Crippen molar-refractivity contribution in [1.29, 1.82) is 0 Å². The number of hydrogen-bond acceptors (Lipinski definition) is 1. The van der Waals surface area contributed by atoms with Crippen molar-refractivity contribution in [2.75, 3.05) is 7.05 Å². The molecule has 0 saturated heterocycles. The van der Waals surface area contributed by atoms with Gasteiger partial charge in [-0.1, -0.05) is 17.2 Å². The highest BCUT2D eigenvalue weighted by molar-refractivity contribution is 6.01. The van der Waals surface area contributed by atoms with Crippen LogP contribution in [0.3, 0.4) is 0 Å². The Balaban J connectivity index is 2.17. The van der Waals surface area contributed by atoms with Gasteiger partial charge in [0.25, 0.3) is 0 Å². The average Bonchev–Trinajstić information content (AvgIpc) is 2.94. The molecule has 0 radical (unpaired) electrons. The first kappa shape index (κ1) is 16.3. The molecule has 2 aromatic carbocycles. The summed E-state index contributed by atoms with van der Waals surface area (Å²) in [4.78, 5) is 0. The van der Waals surface area contributed by atoms with Crippen LogP contribution in [0, 0.1) is 11.6 Å². The van der Waals surface area contributed by atoms with E-state index in [4.69, 9.17) is 0 Å². The molecule has 0 fully saturated rings. The van der Waals surface area contributed by atoms with Crippen molar-refractivity contribution in [2.45, 2.75) is 6.18 Å². The number of benzene rings is 2. The monoisotopic (exact) mass is 339 g/mol. The summed E-state index contributed by atoms with van der Waals surface area (Å²) in [5, 5.41) is 3.70. The van der Waals surface area contributed by atoms with E-state index in [-0.39, 0.29) is 11.1 Å². The van der Waals surface area contributed by atoms with Crippen LogP contribution in [0.5, 0.6) is 0 Å². The number of quaternary nitrogens is 1. The van der Waals surface area contributed by atoms with Crippen molar-refractivity contribution < 1.29 is 22.0 Å². The van der Waals surface area contributed by atoms with E-state index in [1.807, 2.05) is 0 Å². The van der Waals surface area contributed by atoms with Crippen molar-refractivity contribution in [2.24, 2.45) is 5.10 Å². The van der Waals surface area contributed by atoms with Crippen LogP contribution in [-0.4, -0.2) is 18.9 Å². The quantitative estimate of drug-likeness (QED) is 0.538. The molecule has 7 heteroatoms. The first-order valence-electron chi connectivity index (χ1n) is 6.98. The van der Waals surface area contributed by atoms with Gasteiger partial charge in [-0.05, 0) is 24.3 Å². The van der Waals surface area contributed by atoms with E-state index in [9.17, 15) is 22.0 Å². The predicted molar refractivity (Wildman–Crippen MR) is 82.1 cm³/mol. The molecule has 2 nitrogen and oxygen atoms in total. The largest absolute Gasteiger partial charge is 0.438 e. The Bertz CT molecular complexity index is 854. The van der Waals surface area contributed by atoms with E-state index >= 15 is 0 Å². The molecule has 0 N–H and O–H groups in total. The minimum atomic E-state index is -4.58. The summed E-state index contributed by atoms with van der Waals surface area (Å²) in [7, 11) is 1.44. The Hall–Kier alpha value is -2.54. The topological polar surface area (TPSA) is 12.4 Å². The maximum atomic E-state index is 14.1. The van der Waals surface area contributed by atoms with Gasteiger partial charge in [-0.25, -0.2) is 8.78 Å². The van der Waals surface area contributed by atoms with Gasteiger partial charge in [-0.15, -0.1) is 4.59 Å². The van der Waals surface area contributed by atoms with Crippen LogP contribution >= 0.6 is 0 Å². The van der Waals surface area contributed by atoms with Crippen molar-refractivity contribution >= 4 is 11.4 Å². The highest BCUT2D eigenvalue weighted by atomic mass is 19.4. The van der Waals surface area contributed by atoms with Crippen molar-refractivity contribution in [1.82, 2.24) is 4.59 Å². The van der Waals surface area contributed by atoms with Crippen LogP contribution in [0.4, 0.5) is 27.6 Å². The molecule has 24 heavy (non-hydrogen) atoms. The van der Waals surface area contributed by atoms with Gasteiger partial charge < -0.3 is 0 Å². The number of alkyl halides is 3. The van der Waals surface area contributed by atoms with Crippen LogP contribution in [0.2, 0.25) is 0 Å². The van der Waals surface area contributed by atoms with Crippen LogP contribution in [-0.2, 0) is 0 Å². The highest BCUT2D eigenvalue weighted by Crippen LogP contribution is 2.39. The Morgan fingerprint density at radius 2 is 1.67 bits per heavy atom. The lowest BCUT2D eigenvalue weighted by atomic mass is 10.0. The third-order valence-corrected chi connectivity index (χ3v) is 3.74. The maximum absolute atomic E-state index is 14.1.